The zero-order valence-corrected chi connectivity index (χ0v) is 10.5. The van der Waals surface area contributed by atoms with Crippen LogP contribution < -0.4 is 0 Å². The van der Waals surface area contributed by atoms with Gasteiger partial charge in [0.05, 0.1) is 17.8 Å². The van der Waals surface area contributed by atoms with Gasteiger partial charge in [-0.25, -0.2) is 0 Å². The van der Waals surface area contributed by atoms with Crippen molar-refractivity contribution in [3.63, 3.8) is 0 Å². The molecular formula is C13H24O3. The molecular weight excluding hydrogens is 204 g/mol. The summed E-state index contributed by atoms with van der Waals surface area (Å²) in [5.74, 6) is 0.319. The first-order valence-electron chi connectivity index (χ1n) is 6.43. The van der Waals surface area contributed by atoms with Crippen molar-refractivity contribution in [2.24, 2.45) is 5.92 Å². The van der Waals surface area contributed by atoms with Gasteiger partial charge in [-0.3, -0.25) is 0 Å². The molecule has 0 aromatic carbocycles. The molecule has 0 aromatic rings. The lowest BCUT2D eigenvalue weighted by atomic mass is 9.76. The lowest BCUT2D eigenvalue weighted by Crippen LogP contribution is -2.48. The van der Waals surface area contributed by atoms with E-state index in [4.69, 9.17) is 9.47 Å². The summed E-state index contributed by atoms with van der Waals surface area (Å²) in [6.45, 7) is 3.12. The predicted molar refractivity (Wildman–Crippen MR) is 62.4 cm³/mol. The van der Waals surface area contributed by atoms with Crippen molar-refractivity contribution in [1.29, 1.82) is 0 Å². The Hall–Kier alpha value is -0.120. The number of ether oxygens (including phenoxy) is 2. The lowest BCUT2D eigenvalue weighted by Gasteiger charge is -2.43. The Labute approximate surface area is 98.1 Å². The molecule has 2 aliphatic rings. The van der Waals surface area contributed by atoms with Crippen molar-refractivity contribution >= 4 is 0 Å². The van der Waals surface area contributed by atoms with Gasteiger partial charge in [-0.1, -0.05) is 12.8 Å². The Kier molecular flexibility index (Phi) is 3.57. The molecule has 3 nitrogen and oxygen atoms in total. The summed E-state index contributed by atoms with van der Waals surface area (Å²) in [4.78, 5) is 0. The minimum Gasteiger partial charge on any atom is -0.387 e. The van der Waals surface area contributed by atoms with E-state index in [1.807, 2.05) is 6.92 Å². The first-order valence-corrected chi connectivity index (χ1v) is 6.43. The van der Waals surface area contributed by atoms with Crippen molar-refractivity contribution in [1.82, 2.24) is 0 Å². The number of methoxy groups -OCH3 is 1. The van der Waals surface area contributed by atoms with Crippen molar-refractivity contribution in [3.05, 3.63) is 0 Å². The fraction of sp³-hybridized carbons (Fsp3) is 1.00. The van der Waals surface area contributed by atoms with Crippen LogP contribution in [0.1, 0.15) is 45.4 Å². The molecule has 16 heavy (non-hydrogen) atoms. The molecule has 1 N–H and O–H groups in total. The third-order valence-electron chi connectivity index (χ3n) is 4.32. The normalized spacial score (nSPS) is 32.8. The number of hydrogen-bond acceptors (Lipinski definition) is 3. The Morgan fingerprint density at radius 3 is 2.75 bits per heavy atom. The standard InChI is InChI=1S/C13H24O3/c1-12(14,10-15-2)11-5-8-16-13(9-11)6-3-4-7-13/h11,14H,3-10H2,1-2H3. The molecule has 1 saturated heterocycles. The minimum absolute atomic E-state index is 0.0840. The van der Waals surface area contributed by atoms with E-state index in [-0.39, 0.29) is 5.60 Å². The second kappa shape index (κ2) is 4.63. The first kappa shape index (κ1) is 12.3. The molecule has 2 unspecified atom stereocenters. The molecule has 1 aliphatic heterocycles. The van der Waals surface area contributed by atoms with Crippen LogP contribution in [0.15, 0.2) is 0 Å². The number of rotatable bonds is 3. The first-order chi connectivity index (χ1) is 7.58. The van der Waals surface area contributed by atoms with Gasteiger partial charge in [0.1, 0.15) is 0 Å². The summed E-state index contributed by atoms with van der Waals surface area (Å²) in [5, 5.41) is 10.4. The van der Waals surface area contributed by atoms with E-state index in [2.05, 4.69) is 0 Å². The second-order valence-electron chi connectivity index (χ2n) is 5.72. The summed E-state index contributed by atoms with van der Waals surface area (Å²) in [6, 6.07) is 0. The maximum absolute atomic E-state index is 10.4. The van der Waals surface area contributed by atoms with Crippen molar-refractivity contribution in [2.75, 3.05) is 20.3 Å². The van der Waals surface area contributed by atoms with Crippen LogP contribution in [0.25, 0.3) is 0 Å². The summed E-state index contributed by atoms with van der Waals surface area (Å²) in [5.41, 5.74) is -0.616. The van der Waals surface area contributed by atoms with E-state index in [1.165, 1.54) is 25.7 Å². The average Bonchev–Trinajstić information content (AvgIpc) is 2.66. The van der Waals surface area contributed by atoms with Crippen LogP contribution >= 0.6 is 0 Å². The van der Waals surface area contributed by atoms with E-state index < -0.39 is 5.60 Å². The monoisotopic (exact) mass is 228 g/mol. The van der Waals surface area contributed by atoms with E-state index in [0.29, 0.717) is 12.5 Å². The van der Waals surface area contributed by atoms with E-state index in [1.54, 1.807) is 7.11 Å². The van der Waals surface area contributed by atoms with Crippen LogP contribution in [0.5, 0.6) is 0 Å². The van der Waals surface area contributed by atoms with Crippen LogP contribution in [0.3, 0.4) is 0 Å². The van der Waals surface area contributed by atoms with E-state index in [9.17, 15) is 5.11 Å². The molecule has 2 atom stereocenters. The summed E-state index contributed by atoms with van der Waals surface area (Å²) >= 11 is 0. The third kappa shape index (κ3) is 2.41. The average molecular weight is 228 g/mol. The van der Waals surface area contributed by atoms with Gasteiger partial charge in [-0.05, 0) is 38.5 Å². The van der Waals surface area contributed by atoms with Crippen LogP contribution in [-0.2, 0) is 9.47 Å². The van der Waals surface area contributed by atoms with Crippen LogP contribution in [0.2, 0.25) is 0 Å². The highest BCUT2D eigenvalue weighted by Crippen LogP contribution is 2.44. The summed E-state index contributed by atoms with van der Waals surface area (Å²) in [6.07, 6.45) is 6.86. The van der Waals surface area contributed by atoms with Crippen LogP contribution in [0, 0.1) is 5.92 Å². The molecule has 0 radical (unpaired) electrons. The van der Waals surface area contributed by atoms with Gasteiger partial charge < -0.3 is 14.6 Å². The summed E-state index contributed by atoms with van der Waals surface area (Å²) < 4.78 is 11.1. The fourth-order valence-corrected chi connectivity index (χ4v) is 3.34. The molecule has 1 heterocycles. The highest BCUT2D eigenvalue weighted by atomic mass is 16.5. The Bertz CT molecular complexity index is 231. The molecule has 1 aliphatic carbocycles. The zero-order chi connectivity index (χ0) is 11.6. The van der Waals surface area contributed by atoms with Gasteiger partial charge in [-0.15, -0.1) is 0 Å². The molecule has 2 fully saturated rings. The quantitative estimate of drug-likeness (QED) is 0.804. The summed E-state index contributed by atoms with van der Waals surface area (Å²) in [7, 11) is 1.65. The van der Waals surface area contributed by atoms with Crippen molar-refractivity contribution in [3.8, 4) is 0 Å². The molecule has 2 rings (SSSR count). The molecule has 94 valence electrons. The van der Waals surface area contributed by atoms with Crippen LogP contribution in [-0.4, -0.2) is 36.6 Å². The molecule has 1 spiro atoms. The highest BCUT2D eigenvalue weighted by molar-refractivity contribution is 4.96. The maximum atomic E-state index is 10.4. The predicted octanol–water partition coefficient (Wildman–Crippen LogP) is 2.12. The SMILES string of the molecule is COCC(C)(O)C1CCOC2(CCCC2)C1. The van der Waals surface area contributed by atoms with Crippen molar-refractivity contribution in [2.45, 2.75) is 56.7 Å². The lowest BCUT2D eigenvalue weighted by molar-refractivity contribution is -0.149. The smallest absolute Gasteiger partial charge is 0.0881 e. The number of aliphatic hydroxyl groups is 1. The topological polar surface area (TPSA) is 38.7 Å². The Morgan fingerprint density at radius 2 is 2.12 bits per heavy atom. The minimum atomic E-state index is -0.700. The maximum Gasteiger partial charge on any atom is 0.0881 e. The number of hydrogen-bond donors (Lipinski definition) is 1. The molecule has 0 bridgehead atoms. The van der Waals surface area contributed by atoms with Gasteiger partial charge in [0, 0.05) is 13.7 Å². The third-order valence-corrected chi connectivity index (χ3v) is 4.32. The van der Waals surface area contributed by atoms with Gasteiger partial charge in [0.2, 0.25) is 0 Å². The molecule has 3 heteroatoms. The van der Waals surface area contributed by atoms with Gasteiger partial charge in [0.25, 0.3) is 0 Å². The van der Waals surface area contributed by atoms with Crippen molar-refractivity contribution < 1.29 is 14.6 Å². The van der Waals surface area contributed by atoms with Gasteiger partial charge in [0.15, 0.2) is 0 Å². The molecule has 0 aromatic heterocycles. The van der Waals surface area contributed by atoms with Gasteiger partial charge >= 0.3 is 0 Å². The largest absolute Gasteiger partial charge is 0.387 e. The van der Waals surface area contributed by atoms with Gasteiger partial charge in [-0.2, -0.15) is 0 Å². The second-order valence-corrected chi connectivity index (χ2v) is 5.72. The highest BCUT2D eigenvalue weighted by Gasteiger charge is 2.45. The molecule has 0 amide bonds. The fourth-order valence-electron chi connectivity index (χ4n) is 3.34. The van der Waals surface area contributed by atoms with Crippen LogP contribution in [0.4, 0.5) is 0 Å². The Balaban J connectivity index is 2.00. The molecule has 1 saturated carbocycles. The Morgan fingerprint density at radius 1 is 1.44 bits per heavy atom. The van der Waals surface area contributed by atoms with E-state index in [0.717, 1.165) is 19.4 Å². The zero-order valence-electron chi connectivity index (χ0n) is 10.5. The van der Waals surface area contributed by atoms with E-state index >= 15 is 0 Å².